The number of nitrogens with zero attached hydrogens (tertiary/aromatic N) is 2. The number of benzene rings is 2. The van der Waals surface area contributed by atoms with Gasteiger partial charge in [-0.25, -0.2) is 0 Å². The number of piperidine rings is 1. The van der Waals surface area contributed by atoms with Crippen LogP contribution in [0.3, 0.4) is 0 Å². The molecule has 1 aliphatic rings. The van der Waals surface area contributed by atoms with Gasteiger partial charge < -0.3 is 5.32 Å². The molecule has 2 aromatic carbocycles. The number of likely N-dealkylation sites (tertiary alicyclic amines) is 1. The molecule has 1 fully saturated rings. The Labute approximate surface area is 163 Å². The summed E-state index contributed by atoms with van der Waals surface area (Å²) < 4.78 is 0. The zero-order chi connectivity index (χ0) is 18.8. The summed E-state index contributed by atoms with van der Waals surface area (Å²) in [6, 6.07) is 14.2. The number of amides is 1. The van der Waals surface area contributed by atoms with E-state index in [2.05, 4.69) is 32.5 Å². The maximum atomic E-state index is 12.7. The minimum atomic E-state index is -0.0944. The first-order chi connectivity index (χ1) is 13.1. The van der Waals surface area contributed by atoms with E-state index in [0.29, 0.717) is 5.69 Å². The summed E-state index contributed by atoms with van der Waals surface area (Å²) in [5.41, 5.74) is 3.76. The minimum absolute atomic E-state index is 0.0944. The van der Waals surface area contributed by atoms with Crippen molar-refractivity contribution in [2.45, 2.75) is 32.4 Å². The Morgan fingerprint density at radius 1 is 1.22 bits per heavy atom. The van der Waals surface area contributed by atoms with Crippen molar-refractivity contribution in [2.24, 2.45) is 0 Å². The number of fused-ring (bicyclic) bond motifs is 1. The van der Waals surface area contributed by atoms with Crippen molar-refractivity contribution in [3.05, 3.63) is 64.3 Å². The number of aromatic amines is 1. The van der Waals surface area contributed by atoms with E-state index in [0.717, 1.165) is 54.0 Å². The molecular weight excluding hydrogens is 360 g/mol. The minimum Gasteiger partial charge on any atom is -0.348 e. The quantitative estimate of drug-likeness (QED) is 0.719. The summed E-state index contributed by atoms with van der Waals surface area (Å²) >= 11 is 5.95. The smallest absolute Gasteiger partial charge is 0.272 e. The van der Waals surface area contributed by atoms with E-state index in [4.69, 9.17) is 11.6 Å². The number of hydrogen-bond acceptors (Lipinski definition) is 3. The van der Waals surface area contributed by atoms with Crippen molar-refractivity contribution in [2.75, 3.05) is 13.1 Å². The fourth-order valence-corrected chi connectivity index (χ4v) is 3.76. The van der Waals surface area contributed by atoms with E-state index in [1.165, 1.54) is 5.56 Å². The van der Waals surface area contributed by atoms with Crippen LogP contribution < -0.4 is 5.32 Å². The number of nitrogens with one attached hydrogen (secondary N) is 2. The predicted molar refractivity (Wildman–Crippen MR) is 108 cm³/mol. The Hall–Kier alpha value is -2.37. The molecule has 6 heteroatoms. The molecule has 0 atom stereocenters. The summed E-state index contributed by atoms with van der Waals surface area (Å²) in [7, 11) is 0. The number of hydrogen-bond donors (Lipinski definition) is 2. The SMILES string of the molecule is Cc1ccc2[nH]nc(C(=O)NC3CCN(Cc4ccc(Cl)cc4)CC3)c2c1. The summed E-state index contributed by atoms with van der Waals surface area (Å²) in [4.78, 5) is 15.1. The highest BCUT2D eigenvalue weighted by atomic mass is 35.5. The van der Waals surface area contributed by atoms with Crippen molar-refractivity contribution in [3.8, 4) is 0 Å². The van der Waals surface area contributed by atoms with Gasteiger partial charge in [-0.05, 0) is 49.6 Å². The third-order valence-electron chi connectivity index (χ3n) is 5.18. The van der Waals surface area contributed by atoms with Crippen LogP contribution >= 0.6 is 11.6 Å². The zero-order valence-electron chi connectivity index (χ0n) is 15.3. The number of carbonyl (C=O) groups excluding carboxylic acids is 1. The molecule has 27 heavy (non-hydrogen) atoms. The monoisotopic (exact) mass is 382 g/mol. The lowest BCUT2D eigenvalue weighted by molar-refractivity contribution is 0.0905. The maximum absolute atomic E-state index is 12.7. The number of H-pyrrole nitrogens is 1. The molecule has 0 spiro atoms. The van der Waals surface area contributed by atoms with Gasteiger partial charge in [0, 0.05) is 36.1 Å². The van der Waals surface area contributed by atoms with E-state index in [9.17, 15) is 4.79 Å². The van der Waals surface area contributed by atoms with Crippen LogP contribution in [0.5, 0.6) is 0 Å². The second kappa shape index (κ2) is 7.71. The third kappa shape index (κ3) is 4.15. The largest absolute Gasteiger partial charge is 0.348 e. The molecule has 1 amide bonds. The molecule has 5 nitrogen and oxygen atoms in total. The van der Waals surface area contributed by atoms with E-state index >= 15 is 0 Å². The predicted octanol–water partition coefficient (Wildman–Crippen LogP) is 3.92. The second-order valence-corrected chi connectivity index (χ2v) is 7.71. The van der Waals surface area contributed by atoms with E-state index in [1.54, 1.807) is 0 Å². The second-order valence-electron chi connectivity index (χ2n) is 7.27. The Bertz CT molecular complexity index is 942. The lowest BCUT2D eigenvalue weighted by Gasteiger charge is -2.32. The van der Waals surface area contributed by atoms with E-state index < -0.39 is 0 Å². The van der Waals surface area contributed by atoms with Gasteiger partial charge in [-0.15, -0.1) is 0 Å². The van der Waals surface area contributed by atoms with Crippen LogP contribution in [0.1, 0.15) is 34.5 Å². The average Bonchev–Trinajstić information content (AvgIpc) is 3.08. The molecule has 1 aliphatic heterocycles. The van der Waals surface area contributed by atoms with Gasteiger partial charge in [0.05, 0.1) is 5.52 Å². The lowest BCUT2D eigenvalue weighted by atomic mass is 10.0. The molecule has 4 rings (SSSR count). The van der Waals surface area contributed by atoms with Gasteiger partial charge in [0.25, 0.3) is 5.91 Å². The van der Waals surface area contributed by atoms with Crippen LogP contribution in [0.15, 0.2) is 42.5 Å². The van der Waals surface area contributed by atoms with Gasteiger partial charge in [-0.1, -0.05) is 35.4 Å². The van der Waals surface area contributed by atoms with Crippen molar-refractivity contribution < 1.29 is 4.79 Å². The first kappa shape index (κ1) is 18.0. The van der Waals surface area contributed by atoms with Gasteiger partial charge in [0.15, 0.2) is 5.69 Å². The highest BCUT2D eigenvalue weighted by molar-refractivity contribution is 6.30. The molecule has 0 bridgehead atoms. The van der Waals surface area contributed by atoms with Crippen LogP contribution in [0.2, 0.25) is 5.02 Å². The Balaban J connectivity index is 1.34. The molecule has 2 heterocycles. The van der Waals surface area contributed by atoms with E-state index in [-0.39, 0.29) is 11.9 Å². The molecule has 140 valence electrons. The highest BCUT2D eigenvalue weighted by Gasteiger charge is 2.23. The summed E-state index contributed by atoms with van der Waals surface area (Å²) in [5, 5.41) is 12.0. The Kier molecular flexibility index (Phi) is 5.14. The summed E-state index contributed by atoms with van der Waals surface area (Å²) in [6.07, 6.45) is 1.89. The maximum Gasteiger partial charge on any atom is 0.272 e. The van der Waals surface area contributed by atoms with Gasteiger partial charge in [0.1, 0.15) is 0 Å². The molecule has 0 radical (unpaired) electrons. The van der Waals surface area contributed by atoms with Crippen LogP contribution in [-0.4, -0.2) is 40.1 Å². The molecule has 3 aromatic rings. The van der Waals surface area contributed by atoms with Crippen LogP contribution in [-0.2, 0) is 6.54 Å². The first-order valence-electron chi connectivity index (χ1n) is 9.31. The van der Waals surface area contributed by atoms with Crippen molar-refractivity contribution >= 4 is 28.4 Å². The summed E-state index contributed by atoms with van der Waals surface area (Å²) in [6.45, 7) is 4.87. The molecule has 2 N–H and O–H groups in total. The molecule has 0 saturated carbocycles. The fraction of sp³-hybridized carbons (Fsp3) is 0.333. The summed E-state index contributed by atoms with van der Waals surface area (Å²) in [5.74, 6) is -0.0944. The number of halogens is 1. The lowest BCUT2D eigenvalue weighted by Crippen LogP contribution is -2.44. The topological polar surface area (TPSA) is 61.0 Å². The van der Waals surface area contributed by atoms with Crippen LogP contribution in [0, 0.1) is 6.92 Å². The van der Waals surface area contributed by atoms with Crippen molar-refractivity contribution in [1.82, 2.24) is 20.4 Å². The molecular formula is C21H23ClN4O. The molecule has 1 saturated heterocycles. The standard InChI is InChI=1S/C21H23ClN4O/c1-14-2-7-19-18(12-14)20(25-24-19)21(27)23-17-8-10-26(11-9-17)13-15-3-5-16(22)6-4-15/h2-7,12,17H,8-11,13H2,1H3,(H,23,27)(H,24,25). The number of carbonyl (C=O) groups is 1. The highest BCUT2D eigenvalue weighted by Crippen LogP contribution is 2.19. The number of aromatic nitrogens is 2. The number of aryl methyl sites for hydroxylation is 1. The van der Waals surface area contributed by atoms with Crippen molar-refractivity contribution in [1.29, 1.82) is 0 Å². The number of rotatable bonds is 4. The third-order valence-corrected chi connectivity index (χ3v) is 5.43. The Morgan fingerprint density at radius 3 is 2.70 bits per heavy atom. The fourth-order valence-electron chi connectivity index (χ4n) is 3.64. The van der Waals surface area contributed by atoms with Gasteiger partial charge >= 0.3 is 0 Å². The molecule has 1 aromatic heterocycles. The van der Waals surface area contributed by atoms with Crippen molar-refractivity contribution in [3.63, 3.8) is 0 Å². The molecule has 0 aliphatic carbocycles. The van der Waals surface area contributed by atoms with Crippen LogP contribution in [0.25, 0.3) is 10.9 Å². The van der Waals surface area contributed by atoms with E-state index in [1.807, 2.05) is 37.3 Å². The van der Waals surface area contributed by atoms with Crippen LogP contribution in [0.4, 0.5) is 0 Å². The van der Waals surface area contributed by atoms with Gasteiger partial charge in [-0.2, -0.15) is 5.10 Å². The van der Waals surface area contributed by atoms with Gasteiger partial charge in [0.2, 0.25) is 0 Å². The normalized spacial score (nSPS) is 15.9. The van der Waals surface area contributed by atoms with Gasteiger partial charge in [-0.3, -0.25) is 14.8 Å². The first-order valence-corrected chi connectivity index (χ1v) is 9.69. The zero-order valence-corrected chi connectivity index (χ0v) is 16.1. The molecule has 0 unspecified atom stereocenters. The Morgan fingerprint density at radius 2 is 1.96 bits per heavy atom. The average molecular weight is 383 g/mol.